The molecule has 15 heavy (non-hydrogen) atoms. The topological polar surface area (TPSA) is 68.7 Å². The van der Waals surface area contributed by atoms with E-state index in [0.29, 0.717) is 5.49 Å². The molecule has 0 radical (unpaired) electrons. The fourth-order valence-corrected chi connectivity index (χ4v) is 1.60. The zero-order valence-corrected chi connectivity index (χ0v) is 9.11. The Kier molecular flexibility index (Phi) is 1.74. The van der Waals surface area contributed by atoms with Gasteiger partial charge in [-0.05, 0) is 13.8 Å². The van der Waals surface area contributed by atoms with Gasteiger partial charge in [0.05, 0.1) is 0 Å². The average Bonchev–Trinajstić information content (AvgIpc) is 2.48. The minimum atomic E-state index is -0.653. The van der Waals surface area contributed by atoms with Crippen LogP contribution in [0, 0.1) is 0 Å². The SMILES string of the molecule is Cn1c(=O)c2c(n(C)c1=O)=NC(C)(C)N=2. The molecule has 0 spiro atoms. The van der Waals surface area contributed by atoms with Gasteiger partial charge in [0.1, 0.15) is 5.66 Å². The lowest BCUT2D eigenvalue weighted by molar-refractivity contribution is 0.542. The molecule has 0 aromatic carbocycles. The molecule has 0 atom stereocenters. The Balaban J connectivity index is 3.15. The van der Waals surface area contributed by atoms with Gasteiger partial charge in [0.15, 0.2) is 10.8 Å². The summed E-state index contributed by atoms with van der Waals surface area (Å²) in [6.45, 7) is 3.58. The van der Waals surface area contributed by atoms with Crippen LogP contribution in [0.3, 0.4) is 0 Å². The summed E-state index contributed by atoms with van der Waals surface area (Å²) in [7, 11) is 3.02. The van der Waals surface area contributed by atoms with Crippen molar-refractivity contribution in [2.75, 3.05) is 0 Å². The minimum Gasteiger partial charge on any atom is -0.279 e. The van der Waals surface area contributed by atoms with Crippen LogP contribution in [-0.4, -0.2) is 14.8 Å². The molecule has 0 bridgehead atoms. The Labute approximate surface area is 85.2 Å². The molecule has 0 saturated heterocycles. The monoisotopic (exact) mass is 208 g/mol. The number of hydrogen-bond donors (Lipinski definition) is 0. The van der Waals surface area contributed by atoms with Gasteiger partial charge in [-0.15, -0.1) is 0 Å². The normalized spacial score (nSPS) is 16.8. The molecule has 2 heterocycles. The van der Waals surface area contributed by atoms with Crippen molar-refractivity contribution in [2.45, 2.75) is 19.5 Å². The van der Waals surface area contributed by atoms with Gasteiger partial charge in [-0.1, -0.05) is 0 Å². The van der Waals surface area contributed by atoms with Crippen LogP contribution in [-0.2, 0) is 14.1 Å². The molecule has 1 aliphatic rings. The van der Waals surface area contributed by atoms with Crippen LogP contribution in [0.5, 0.6) is 0 Å². The minimum absolute atomic E-state index is 0.268. The standard InChI is InChI=1S/C9H12N4O2/c1-9(2)10-5-6(11-9)12(3)8(15)13(4)7(5)14/h1-4H3. The molecule has 6 heteroatoms. The Morgan fingerprint density at radius 3 is 2.27 bits per heavy atom. The van der Waals surface area contributed by atoms with E-state index in [1.807, 2.05) is 0 Å². The molecule has 1 aliphatic heterocycles. The highest BCUT2D eigenvalue weighted by molar-refractivity contribution is 4.95. The van der Waals surface area contributed by atoms with Crippen LogP contribution in [0.4, 0.5) is 0 Å². The summed E-state index contributed by atoms with van der Waals surface area (Å²) in [4.78, 5) is 31.7. The number of rotatable bonds is 0. The molecule has 0 N–H and O–H groups in total. The molecule has 0 fully saturated rings. The highest BCUT2D eigenvalue weighted by atomic mass is 16.2. The van der Waals surface area contributed by atoms with Crippen molar-refractivity contribution in [1.82, 2.24) is 9.13 Å². The third-order valence-electron chi connectivity index (χ3n) is 2.38. The maximum absolute atomic E-state index is 11.7. The molecule has 0 unspecified atom stereocenters. The molecule has 1 aromatic rings. The predicted molar refractivity (Wildman–Crippen MR) is 53.3 cm³/mol. The Bertz CT molecular complexity index is 663. The van der Waals surface area contributed by atoms with Crippen molar-refractivity contribution >= 4 is 0 Å². The first-order valence-electron chi connectivity index (χ1n) is 4.59. The summed E-state index contributed by atoms with van der Waals surface area (Å²) in [6, 6.07) is 0. The van der Waals surface area contributed by atoms with E-state index in [-0.39, 0.29) is 16.6 Å². The van der Waals surface area contributed by atoms with Crippen molar-refractivity contribution in [3.63, 3.8) is 0 Å². The van der Waals surface area contributed by atoms with E-state index in [1.54, 1.807) is 20.9 Å². The summed E-state index contributed by atoms with van der Waals surface area (Å²) >= 11 is 0. The summed E-state index contributed by atoms with van der Waals surface area (Å²) in [5, 5.41) is 0.268. The zero-order chi connectivity index (χ0) is 11.4. The summed E-state index contributed by atoms with van der Waals surface area (Å²) in [5.41, 5.74) is -1.05. The quantitative estimate of drug-likeness (QED) is 0.498. The van der Waals surface area contributed by atoms with Crippen molar-refractivity contribution < 1.29 is 0 Å². The maximum atomic E-state index is 11.7. The van der Waals surface area contributed by atoms with Crippen LogP contribution < -0.4 is 22.1 Å². The predicted octanol–water partition coefficient (Wildman–Crippen LogP) is -1.93. The van der Waals surface area contributed by atoms with E-state index in [4.69, 9.17) is 0 Å². The van der Waals surface area contributed by atoms with E-state index >= 15 is 0 Å². The van der Waals surface area contributed by atoms with Gasteiger partial charge in [-0.2, -0.15) is 0 Å². The highest BCUT2D eigenvalue weighted by Gasteiger charge is 2.22. The molecule has 0 saturated carbocycles. The second-order valence-corrected chi connectivity index (χ2v) is 4.10. The van der Waals surface area contributed by atoms with Gasteiger partial charge >= 0.3 is 5.69 Å². The first kappa shape index (κ1) is 9.82. The number of fused-ring (bicyclic) bond motifs is 1. The van der Waals surface area contributed by atoms with Gasteiger partial charge in [-0.3, -0.25) is 13.9 Å². The third-order valence-corrected chi connectivity index (χ3v) is 2.38. The maximum Gasteiger partial charge on any atom is 0.332 e. The van der Waals surface area contributed by atoms with Gasteiger partial charge in [0, 0.05) is 14.1 Å². The molecule has 0 amide bonds. The van der Waals surface area contributed by atoms with Crippen LogP contribution in [0.1, 0.15) is 13.8 Å². The number of hydrogen-bond acceptors (Lipinski definition) is 4. The van der Waals surface area contributed by atoms with Crippen molar-refractivity contribution in [2.24, 2.45) is 24.1 Å². The first-order chi connectivity index (χ1) is 6.83. The van der Waals surface area contributed by atoms with E-state index in [1.165, 1.54) is 11.6 Å². The van der Waals surface area contributed by atoms with Crippen molar-refractivity contribution in [3.8, 4) is 0 Å². The van der Waals surface area contributed by atoms with Gasteiger partial charge in [0.2, 0.25) is 0 Å². The third kappa shape index (κ3) is 1.25. The molecule has 0 aliphatic carbocycles. The summed E-state index contributed by atoms with van der Waals surface area (Å²) < 4.78 is 2.38. The highest BCUT2D eigenvalue weighted by Crippen LogP contribution is 2.08. The second-order valence-electron chi connectivity index (χ2n) is 4.10. The Morgan fingerprint density at radius 2 is 1.67 bits per heavy atom. The molecular weight excluding hydrogens is 196 g/mol. The van der Waals surface area contributed by atoms with E-state index in [2.05, 4.69) is 9.98 Å². The zero-order valence-electron chi connectivity index (χ0n) is 9.11. The number of nitrogens with zero attached hydrogens (tertiary/aromatic N) is 4. The summed E-state index contributed by atoms with van der Waals surface area (Å²) in [6.07, 6.45) is 0. The smallest absolute Gasteiger partial charge is 0.279 e. The lowest BCUT2D eigenvalue weighted by Crippen LogP contribution is -2.55. The van der Waals surface area contributed by atoms with Gasteiger partial charge in [0.25, 0.3) is 5.56 Å². The van der Waals surface area contributed by atoms with Gasteiger partial charge in [-0.25, -0.2) is 14.8 Å². The average molecular weight is 208 g/mol. The molecule has 2 rings (SSSR count). The van der Waals surface area contributed by atoms with E-state index < -0.39 is 5.66 Å². The largest absolute Gasteiger partial charge is 0.332 e. The molecule has 6 nitrogen and oxygen atoms in total. The van der Waals surface area contributed by atoms with E-state index in [9.17, 15) is 9.59 Å². The lowest BCUT2D eigenvalue weighted by Gasteiger charge is -2.06. The van der Waals surface area contributed by atoms with Crippen LogP contribution >= 0.6 is 0 Å². The Morgan fingerprint density at radius 1 is 1.07 bits per heavy atom. The Hall–Kier alpha value is -1.72. The molecule has 80 valence electrons. The van der Waals surface area contributed by atoms with Crippen LogP contribution in [0.2, 0.25) is 0 Å². The van der Waals surface area contributed by atoms with Crippen molar-refractivity contribution in [3.05, 3.63) is 31.7 Å². The fourth-order valence-electron chi connectivity index (χ4n) is 1.60. The van der Waals surface area contributed by atoms with Crippen LogP contribution in [0.15, 0.2) is 19.6 Å². The van der Waals surface area contributed by atoms with Gasteiger partial charge < -0.3 is 0 Å². The first-order valence-corrected chi connectivity index (χ1v) is 4.59. The number of aromatic nitrogens is 2. The lowest BCUT2D eigenvalue weighted by atomic mass is 10.3. The second kappa shape index (κ2) is 2.65. The van der Waals surface area contributed by atoms with Crippen molar-refractivity contribution in [1.29, 1.82) is 0 Å². The molecular formula is C9H12N4O2. The summed E-state index contributed by atoms with van der Waals surface area (Å²) in [5.74, 6) is 0. The molecule has 1 aromatic heterocycles. The fraction of sp³-hybridized carbons (Fsp3) is 0.556. The van der Waals surface area contributed by atoms with E-state index in [0.717, 1.165) is 4.57 Å². The van der Waals surface area contributed by atoms with Crippen LogP contribution in [0.25, 0.3) is 0 Å².